The Morgan fingerprint density at radius 1 is 1.32 bits per heavy atom. The fourth-order valence-corrected chi connectivity index (χ4v) is 2.58. The largest absolute Gasteiger partial charge is 0.391 e. The molecule has 0 saturated heterocycles. The monoisotopic (exact) mass is 310 g/mol. The van der Waals surface area contributed by atoms with E-state index in [0.29, 0.717) is 12.3 Å². The van der Waals surface area contributed by atoms with Crippen molar-refractivity contribution in [2.45, 2.75) is 51.6 Å². The third kappa shape index (κ3) is 5.57. The molecule has 1 fully saturated rings. The summed E-state index contributed by atoms with van der Waals surface area (Å²) < 4.78 is 0. The van der Waals surface area contributed by atoms with E-state index in [1.807, 2.05) is 18.9 Å². The normalized spacial score (nSPS) is 20.9. The van der Waals surface area contributed by atoms with Crippen LogP contribution in [0.1, 0.15) is 45.4 Å². The summed E-state index contributed by atoms with van der Waals surface area (Å²) in [6.45, 7) is 4.77. The van der Waals surface area contributed by atoms with Gasteiger partial charge in [0.2, 0.25) is 11.8 Å². The predicted molar refractivity (Wildman–Crippen MR) is 87.4 cm³/mol. The van der Waals surface area contributed by atoms with Crippen LogP contribution < -0.4 is 5.48 Å². The fraction of sp³-hybridized carbons (Fsp3) is 0.875. The fourth-order valence-electron chi connectivity index (χ4n) is 2.58. The van der Waals surface area contributed by atoms with E-state index in [9.17, 15) is 4.79 Å². The number of hydrogen-bond acceptors (Lipinski definition) is 5. The highest BCUT2D eigenvalue weighted by Crippen LogP contribution is 2.32. The number of nitrogens with one attached hydrogen (secondary N) is 1. The first-order valence-electron chi connectivity index (χ1n) is 8.52. The highest BCUT2D eigenvalue weighted by Gasteiger charge is 2.34. The molecule has 0 radical (unpaired) electrons. The summed E-state index contributed by atoms with van der Waals surface area (Å²) in [6, 6.07) is 0. The minimum atomic E-state index is 0.0643. The number of rotatable bonds is 10. The van der Waals surface area contributed by atoms with Gasteiger partial charge in [-0.2, -0.15) is 0 Å². The van der Waals surface area contributed by atoms with Crippen molar-refractivity contribution in [3.8, 4) is 0 Å². The molecule has 1 heterocycles. The van der Waals surface area contributed by atoms with Crippen LogP contribution in [0.15, 0.2) is 4.99 Å². The number of hydrogen-bond donors (Lipinski definition) is 1. The van der Waals surface area contributed by atoms with Crippen LogP contribution in [0.3, 0.4) is 0 Å². The molecule has 6 nitrogen and oxygen atoms in total. The first kappa shape index (κ1) is 17.2. The Morgan fingerprint density at radius 3 is 2.73 bits per heavy atom. The highest BCUT2D eigenvalue weighted by molar-refractivity contribution is 5.81. The molecule has 1 amide bonds. The molecular formula is C16H30N4O2. The van der Waals surface area contributed by atoms with Gasteiger partial charge in [-0.15, -0.1) is 5.48 Å². The average Bonchev–Trinajstić information content (AvgIpc) is 3.24. The number of unbranched alkanes of at least 4 members (excludes halogenated alkanes) is 1. The van der Waals surface area contributed by atoms with Crippen LogP contribution in [-0.2, 0) is 9.63 Å². The molecule has 2 rings (SSSR count). The Hall–Kier alpha value is -1.14. The maximum absolute atomic E-state index is 11.7. The second-order valence-corrected chi connectivity index (χ2v) is 6.51. The molecule has 1 atom stereocenters. The molecule has 0 aromatic carbocycles. The van der Waals surface area contributed by atoms with E-state index in [0.717, 1.165) is 44.8 Å². The number of carbonyl (C=O) groups is 1. The number of nitrogens with zero attached hydrogens (tertiary/aromatic N) is 3. The van der Waals surface area contributed by atoms with Gasteiger partial charge in [0, 0.05) is 32.5 Å². The summed E-state index contributed by atoms with van der Waals surface area (Å²) >= 11 is 0. The molecule has 6 heteroatoms. The van der Waals surface area contributed by atoms with Crippen LogP contribution in [-0.4, -0.2) is 61.5 Å². The first-order chi connectivity index (χ1) is 10.6. The van der Waals surface area contributed by atoms with Crippen LogP contribution in [0.4, 0.5) is 0 Å². The van der Waals surface area contributed by atoms with Crippen LogP contribution in [0.25, 0.3) is 0 Å². The van der Waals surface area contributed by atoms with Crippen molar-refractivity contribution in [2.75, 3.05) is 33.7 Å². The number of carbonyl (C=O) groups excluding carboxylic acids is 1. The molecule has 1 saturated carbocycles. The zero-order valence-corrected chi connectivity index (χ0v) is 14.2. The molecule has 22 heavy (non-hydrogen) atoms. The van der Waals surface area contributed by atoms with Crippen molar-refractivity contribution < 1.29 is 9.63 Å². The molecule has 126 valence electrons. The molecule has 1 aliphatic carbocycles. The predicted octanol–water partition coefficient (Wildman–Crippen LogP) is 1.63. The lowest BCUT2D eigenvalue weighted by atomic mass is 10.2. The van der Waals surface area contributed by atoms with Gasteiger partial charge in [-0.1, -0.05) is 6.92 Å². The van der Waals surface area contributed by atoms with Crippen molar-refractivity contribution >= 4 is 11.8 Å². The van der Waals surface area contributed by atoms with Gasteiger partial charge < -0.3 is 14.6 Å². The zero-order valence-electron chi connectivity index (χ0n) is 14.2. The van der Waals surface area contributed by atoms with Crippen molar-refractivity contribution in [2.24, 2.45) is 10.9 Å². The minimum Gasteiger partial charge on any atom is -0.391 e. The van der Waals surface area contributed by atoms with Crippen LogP contribution in [0, 0.1) is 5.92 Å². The van der Waals surface area contributed by atoms with Gasteiger partial charge in [-0.3, -0.25) is 4.79 Å². The van der Waals surface area contributed by atoms with E-state index >= 15 is 0 Å². The van der Waals surface area contributed by atoms with Gasteiger partial charge in [-0.05, 0) is 45.7 Å². The Kier molecular flexibility index (Phi) is 6.64. The van der Waals surface area contributed by atoms with E-state index in [2.05, 4.69) is 22.4 Å². The van der Waals surface area contributed by atoms with Crippen LogP contribution in [0.5, 0.6) is 0 Å². The van der Waals surface area contributed by atoms with Crippen molar-refractivity contribution in [1.82, 2.24) is 15.3 Å². The second-order valence-electron chi connectivity index (χ2n) is 6.51. The van der Waals surface area contributed by atoms with Gasteiger partial charge in [0.15, 0.2) is 0 Å². The van der Waals surface area contributed by atoms with Gasteiger partial charge >= 0.3 is 0 Å². The van der Waals surface area contributed by atoms with E-state index in [4.69, 9.17) is 4.84 Å². The number of amides is 1. The van der Waals surface area contributed by atoms with Gasteiger partial charge in [0.05, 0.1) is 0 Å². The van der Waals surface area contributed by atoms with Gasteiger partial charge in [0.1, 0.15) is 6.17 Å². The maximum Gasteiger partial charge on any atom is 0.222 e. The lowest BCUT2D eigenvalue weighted by molar-refractivity contribution is -0.130. The third-order valence-corrected chi connectivity index (χ3v) is 4.17. The number of hydroxylamine groups is 1. The minimum absolute atomic E-state index is 0.0643. The van der Waals surface area contributed by atoms with Gasteiger partial charge in [-0.25, -0.2) is 4.99 Å². The quantitative estimate of drug-likeness (QED) is 0.623. The lowest BCUT2D eigenvalue weighted by Gasteiger charge is -2.20. The van der Waals surface area contributed by atoms with E-state index < -0.39 is 0 Å². The molecule has 1 aliphatic heterocycles. The Bertz CT molecular complexity index is 396. The van der Waals surface area contributed by atoms with E-state index in [1.54, 1.807) is 0 Å². The smallest absolute Gasteiger partial charge is 0.222 e. The summed E-state index contributed by atoms with van der Waals surface area (Å²) in [4.78, 5) is 25.8. The molecule has 0 aromatic rings. The zero-order chi connectivity index (χ0) is 15.9. The Labute approximate surface area is 133 Å². The van der Waals surface area contributed by atoms with E-state index in [-0.39, 0.29) is 12.1 Å². The topological polar surface area (TPSA) is 57.2 Å². The molecule has 0 aromatic heterocycles. The first-order valence-corrected chi connectivity index (χ1v) is 8.52. The molecule has 1 N–H and O–H groups in total. The Morgan fingerprint density at radius 2 is 2.05 bits per heavy atom. The summed E-state index contributed by atoms with van der Waals surface area (Å²) in [5.74, 6) is 1.72. The van der Waals surface area contributed by atoms with Crippen molar-refractivity contribution in [3.05, 3.63) is 0 Å². The third-order valence-electron chi connectivity index (χ3n) is 4.17. The van der Waals surface area contributed by atoms with E-state index in [1.165, 1.54) is 12.8 Å². The SMILES string of the molecule is CCCC(=O)N(C)CCCCN(C)CC1N=C(C2CC2)ON1. The van der Waals surface area contributed by atoms with Crippen molar-refractivity contribution in [1.29, 1.82) is 0 Å². The molecule has 0 spiro atoms. The molecule has 0 bridgehead atoms. The number of likely N-dealkylation sites (N-methyl/N-ethyl adjacent to an activating group) is 1. The number of aliphatic imine (C=N–C) groups is 1. The van der Waals surface area contributed by atoms with Crippen molar-refractivity contribution in [3.63, 3.8) is 0 Å². The summed E-state index contributed by atoms with van der Waals surface area (Å²) in [6.07, 6.45) is 6.21. The average molecular weight is 310 g/mol. The Balaban J connectivity index is 1.54. The maximum atomic E-state index is 11.7. The molecule has 1 unspecified atom stereocenters. The summed E-state index contributed by atoms with van der Waals surface area (Å²) in [7, 11) is 4.01. The standard InChI is InChI=1S/C16H30N4O2/c1-4-7-15(21)20(3)11-6-5-10-19(2)12-14-17-16(22-18-14)13-8-9-13/h13-14,18H,4-12H2,1-3H3. The molecule has 2 aliphatic rings. The lowest BCUT2D eigenvalue weighted by Crippen LogP contribution is -2.35. The van der Waals surface area contributed by atoms with Crippen LogP contribution >= 0.6 is 0 Å². The second kappa shape index (κ2) is 8.48. The molecular weight excluding hydrogens is 280 g/mol. The van der Waals surface area contributed by atoms with Crippen LogP contribution in [0.2, 0.25) is 0 Å². The van der Waals surface area contributed by atoms with Gasteiger partial charge in [0.25, 0.3) is 0 Å². The summed E-state index contributed by atoms with van der Waals surface area (Å²) in [5.41, 5.74) is 3.00. The summed E-state index contributed by atoms with van der Waals surface area (Å²) in [5, 5.41) is 0. The highest BCUT2D eigenvalue weighted by atomic mass is 16.7.